The van der Waals surface area contributed by atoms with Gasteiger partial charge >= 0.3 is 6.36 Å². The van der Waals surface area contributed by atoms with Gasteiger partial charge in [-0.2, -0.15) is 4.98 Å². The Morgan fingerprint density at radius 1 is 1.10 bits per heavy atom. The van der Waals surface area contributed by atoms with Crippen molar-refractivity contribution in [1.29, 1.82) is 0 Å². The summed E-state index contributed by atoms with van der Waals surface area (Å²) >= 11 is 0. The molecule has 0 amide bonds. The van der Waals surface area contributed by atoms with Crippen LogP contribution in [0.2, 0.25) is 0 Å². The molecule has 8 heteroatoms. The van der Waals surface area contributed by atoms with Gasteiger partial charge in [-0.05, 0) is 30.3 Å². The lowest BCUT2D eigenvalue weighted by Gasteiger charge is -2.10. The van der Waals surface area contributed by atoms with Gasteiger partial charge in [-0.25, -0.2) is 4.98 Å². The van der Waals surface area contributed by atoms with E-state index in [9.17, 15) is 13.2 Å². The van der Waals surface area contributed by atoms with E-state index in [0.717, 1.165) is 0 Å². The second-order valence-electron chi connectivity index (χ2n) is 3.71. The molecule has 0 aliphatic rings. The van der Waals surface area contributed by atoms with Crippen molar-refractivity contribution in [1.82, 2.24) is 9.97 Å². The van der Waals surface area contributed by atoms with Crippen LogP contribution >= 0.6 is 0 Å². The van der Waals surface area contributed by atoms with Crippen LogP contribution in [0.15, 0.2) is 36.5 Å². The summed E-state index contributed by atoms with van der Waals surface area (Å²) in [6, 6.07) is 7.00. The third-order valence-corrected chi connectivity index (χ3v) is 2.24. The fourth-order valence-corrected chi connectivity index (χ4v) is 1.44. The molecule has 0 saturated carbocycles. The molecule has 2 N–H and O–H groups in total. The molecule has 1 aromatic carbocycles. The molecule has 1 heterocycles. The number of halogens is 3. The number of alkyl halides is 3. The molecule has 5 nitrogen and oxygen atoms in total. The summed E-state index contributed by atoms with van der Waals surface area (Å²) in [5, 5.41) is 5.72. The zero-order valence-corrected chi connectivity index (χ0v) is 10.4. The summed E-state index contributed by atoms with van der Waals surface area (Å²) in [5.41, 5.74) is 0.584. The second kappa shape index (κ2) is 5.64. The lowest BCUT2D eigenvalue weighted by Crippen LogP contribution is -2.16. The highest BCUT2D eigenvalue weighted by Gasteiger charge is 2.30. The second-order valence-corrected chi connectivity index (χ2v) is 3.71. The van der Waals surface area contributed by atoms with Crippen LogP contribution in [-0.2, 0) is 0 Å². The summed E-state index contributed by atoms with van der Waals surface area (Å²) in [5.74, 6) is 0.683. The van der Waals surface area contributed by atoms with Crippen molar-refractivity contribution in [2.24, 2.45) is 0 Å². The van der Waals surface area contributed by atoms with Crippen LogP contribution in [0.5, 0.6) is 5.75 Å². The first-order valence-electron chi connectivity index (χ1n) is 5.60. The molecular weight excluding hydrogens is 273 g/mol. The zero-order valence-electron chi connectivity index (χ0n) is 10.4. The van der Waals surface area contributed by atoms with Gasteiger partial charge < -0.3 is 15.4 Å². The molecule has 2 aromatic rings. The SMILES string of the molecule is CNc1nccc(Nc2ccc(OC(F)(F)F)cc2)n1. The number of rotatable bonds is 4. The number of nitrogens with zero attached hydrogens (tertiary/aromatic N) is 2. The molecule has 1 aromatic heterocycles. The maximum atomic E-state index is 12.0. The van der Waals surface area contributed by atoms with E-state index in [-0.39, 0.29) is 5.75 Å². The van der Waals surface area contributed by atoms with Gasteiger partial charge in [0.15, 0.2) is 0 Å². The summed E-state index contributed by atoms with van der Waals surface area (Å²) < 4.78 is 39.8. The third kappa shape index (κ3) is 4.01. The highest BCUT2D eigenvalue weighted by Crippen LogP contribution is 2.24. The Morgan fingerprint density at radius 3 is 2.40 bits per heavy atom. The Hall–Kier alpha value is -2.51. The van der Waals surface area contributed by atoms with Gasteiger partial charge in [0.25, 0.3) is 0 Å². The number of benzene rings is 1. The van der Waals surface area contributed by atoms with Crippen LogP contribution < -0.4 is 15.4 Å². The molecule has 2 rings (SSSR count). The van der Waals surface area contributed by atoms with Gasteiger partial charge in [-0.3, -0.25) is 0 Å². The van der Waals surface area contributed by atoms with Crippen molar-refractivity contribution >= 4 is 17.5 Å². The van der Waals surface area contributed by atoms with Gasteiger partial charge in [0.1, 0.15) is 11.6 Å². The smallest absolute Gasteiger partial charge is 0.406 e. The quantitative estimate of drug-likeness (QED) is 0.903. The van der Waals surface area contributed by atoms with Crippen molar-refractivity contribution in [2.75, 3.05) is 17.7 Å². The molecule has 0 bridgehead atoms. The number of ether oxygens (including phenoxy) is 1. The molecule has 0 radical (unpaired) electrons. The number of aromatic nitrogens is 2. The van der Waals surface area contributed by atoms with E-state index < -0.39 is 6.36 Å². The van der Waals surface area contributed by atoms with Crippen LogP contribution in [0.4, 0.5) is 30.6 Å². The maximum absolute atomic E-state index is 12.0. The Morgan fingerprint density at radius 2 is 1.80 bits per heavy atom. The summed E-state index contributed by atoms with van der Waals surface area (Å²) in [7, 11) is 1.68. The van der Waals surface area contributed by atoms with Gasteiger partial charge in [-0.1, -0.05) is 0 Å². The normalized spacial score (nSPS) is 11.0. The molecule has 0 aliphatic heterocycles. The molecule has 0 aliphatic carbocycles. The maximum Gasteiger partial charge on any atom is 0.573 e. The lowest BCUT2D eigenvalue weighted by atomic mass is 10.3. The minimum atomic E-state index is -4.69. The highest BCUT2D eigenvalue weighted by molar-refractivity contribution is 5.57. The fraction of sp³-hybridized carbons (Fsp3) is 0.167. The Labute approximate surface area is 112 Å². The average Bonchev–Trinajstić information content (AvgIpc) is 2.40. The number of nitrogens with one attached hydrogen (secondary N) is 2. The van der Waals surface area contributed by atoms with Crippen LogP contribution in [0.1, 0.15) is 0 Å². The largest absolute Gasteiger partial charge is 0.573 e. The number of hydrogen-bond donors (Lipinski definition) is 2. The third-order valence-electron chi connectivity index (χ3n) is 2.24. The number of hydrogen-bond acceptors (Lipinski definition) is 5. The number of anilines is 3. The predicted molar refractivity (Wildman–Crippen MR) is 68.0 cm³/mol. The molecule has 0 saturated heterocycles. The van der Waals surface area contributed by atoms with Crippen molar-refractivity contribution in [3.63, 3.8) is 0 Å². The topological polar surface area (TPSA) is 59.1 Å². The molecule has 0 spiro atoms. The van der Waals surface area contributed by atoms with Gasteiger partial charge in [0.05, 0.1) is 0 Å². The Balaban J connectivity index is 2.06. The van der Waals surface area contributed by atoms with Gasteiger partial charge in [0.2, 0.25) is 5.95 Å². The minimum Gasteiger partial charge on any atom is -0.406 e. The first-order chi connectivity index (χ1) is 9.46. The van der Waals surface area contributed by atoms with E-state index in [1.807, 2.05) is 0 Å². The van der Waals surface area contributed by atoms with E-state index in [1.54, 1.807) is 19.3 Å². The Bertz CT molecular complexity index is 572. The summed E-state index contributed by atoms with van der Waals surface area (Å²) in [6.07, 6.45) is -3.13. The van der Waals surface area contributed by atoms with Crippen LogP contribution in [0.3, 0.4) is 0 Å². The van der Waals surface area contributed by atoms with Crippen molar-refractivity contribution in [2.45, 2.75) is 6.36 Å². The average molecular weight is 284 g/mol. The molecule has 0 atom stereocenters. The molecule has 0 unspecified atom stereocenters. The molecule has 20 heavy (non-hydrogen) atoms. The van der Waals surface area contributed by atoms with E-state index in [2.05, 4.69) is 25.3 Å². The van der Waals surface area contributed by atoms with Crippen LogP contribution in [0, 0.1) is 0 Å². The van der Waals surface area contributed by atoms with Gasteiger partial charge in [0, 0.05) is 18.9 Å². The first-order valence-corrected chi connectivity index (χ1v) is 5.60. The minimum absolute atomic E-state index is 0.276. The molecular formula is C12H11F3N4O. The predicted octanol–water partition coefficient (Wildman–Crippen LogP) is 3.16. The van der Waals surface area contributed by atoms with E-state index in [0.29, 0.717) is 17.5 Å². The zero-order chi connectivity index (χ0) is 14.6. The van der Waals surface area contributed by atoms with Crippen molar-refractivity contribution in [3.8, 4) is 5.75 Å². The standard InChI is InChI=1S/C12H11F3N4O/c1-16-11-17-7-6-10(19-11)18-8-2-4-9(5-3-8)20-12(13,14)15/h2-7H,1H3,(H2,16,17,18,19). The summed E-state index contributed by atoms with van der Waals surface area (Å²) in [4.78, 5) is 8.07. The Kier molecular flexibility index (Phi) is 3.92. The van der Waals surface area contributed by atoms with Crippen LogP contribution in [-0.4, -0.2) is 23.4 Å². The first kappa shape index (κ1) is 13.9. The molecule has 106 valence electrons. The van der Waals surface area contributed by atoms with Crippen LogP contribution in [0.25, 0.3) is 0 Å². The van der Waals surface area contributed by atoms with Crippen molar-refractivity contribution < 1.29 is 17.9 Å². The molecule has 0 fully saturated rings. The van der Waals surface area contributed by atoms with Gasteiger partial charge in [-0.15, -0.1) is 13.2 Å². The van der Waals surface area contributed by atoms with Crippen molar-refractivity contribution in [3.05, 3.63) is 36.5 Å². The summed E-state index contributed by atoms with van der Waals surface area (Å²) in [6.45, 7) is 0. The van der Waals surface area contributed by atoms with E-state index >= 15 is 0 Å². The van der Waals surface area contributed by atoms with E-state index in [1.165, 1.54) is 24.3 Å². The monoisotopic (exact) mass is 284 g/mol. The fourth-order valence-electron chi connectivity index (χ4n) is 1.44. The highest BCUT2D eigenvalue weighted by atomic mass is 19.4. The lowest BCUT2D eigenvalue weighted by molar-refractivity contribution is -0.274. The van der Waals surface area contributed by atoms with E-state index in [4.69, 9.17) is 0 Å².